The molecule has 1 aliphatic rings. The van der Waals surface area contributed by atoms with Crippen LogP contribution in [0, 0.1) is 12.8 Å². The monoisotopic (exact) mass is 449 g/mol. The lowest BCUT2D eigenvalue weighted by Crippen LogP contribution is -2.42. The van der Waals surface area contributed by atoms with Gasteiger partial charge in [0, 0.05) is 44.2 Å². The summed E-state index contributed by atoms with van der Waals surface area (Å²) in [5.41, 5.74) is 2.95. The van der Waals surface area contributed by atoms with Crippen molar-refractivity contribution in [1.82, 2.24) is 4.57 Å². The van der Waals surface area contributed by atoms with E-state index in [1.807, 2.05) is 0 Å². The van der Waals surface area contributed by atoms with Gasteiger partial charge in [-0.2, -0.15) is 0 Å². The summed E-state index contributed by atoms with van der Waals surface area (Å²) in [4.78, 5) is 24.5. The van der Waals surface area contributed by atoms with Crippen molar-refractivity contribution in [2.24, 2.45) is 13.0 Å². The molecule has 1 aromatic carbocycles. The minimum Gasteiger partial charge on any atom is -0.378 e. The van der Waals surface area contributed by atoms with Gasteiger partial charge in [0.15, 0.2) is 5.79 Å². The predicted octanol–water partition coefficient (Wildman–Crippen LogP) is 3.50. The molecule has 0 radical (unpaired) electrons. The summed E-state index contributed by atoms with van der Waals surface area (Å²) >= 11 is 0. The second-order valence-corrected chi connectivity index (χ2v) is 8.50. The Hall–Kier alpha value is -2.78. The van der Waals surface area contributed by atoms with E-state index in [0.717, 1.165) is 11.1 Å². The van der Waals surface area contributed by atoms with Crippen LogP contribution in [0.4, 0.5) is 20.2 Å². The first-order valence-electron chi connectivity index (χ1n) is 10.5. The van der Waals surface area contributed by atoms with Crippen LogP contribution in [-0.2, 0) is 16.6 Å². The maximum absolute atomic E-state index is 13.2. The summed E-state index contributed by atoms with van der Waals surface area (Å²) in [7, 11) is 1.67. The highest BCUT2D eigenvalue weighted by atomic mass is 19.3. The average molecular weight is 449 g/mol. The first-order valence-corrected chi connectivity index (χ1v) is 10.5. The molecule has 9 heteroatoms. The van der Waals surface area contributed by atoms with Crippen LogP contribution < -0.4 is 16.2 Å². The van der Waals surface area contributed by atoms with Gasteiger partial charge in [0.2, 0.25) is 11.8 Å². The SMILES string of the molecule is CCOC(C)(O)CNc1cc(-c2cc(C)c(=O)n(C)c2)ccc1NC(=O)C1CC(F)(F)C1. The Kier molecular flexibility index (Phi) is 6.71. The van der Waals surface area contributed by atoms with Crippen molar-refractivity contribution in [3.63, 3.8) is 0 Å². The van der Waals surface area contributed by atoms with E-state index in [0.29, 0.717) is 23.5 Å². The number of nitrogens with one attached hydrogen (secondary N) is 2. The quantitative estimate of drug-likeness (QED) is 0.537. The number of benzene rings is 1. The molecule has 32 heavy (non-hydrogen) atoms. The summed E-state index contributed by atoms with van der Waals surface area (Å²) in [6.07, 6.45) is 0.783. The van der Waals surface area contributed by atoms with Gasteiger partial charge in [-0.3, -0.25) is 9.59 Å². The number of ether oxygens (including phenoxy) is 1. The molecule has 2 aromatic rings. The Labute approximate surface area is 185 Å². The fourth-order valence-corrected chi connectivity index (χ4v) is 3.72. The van der Waals surface area contributed by atoms with Crippen LogP contribution in [0.2, 0.25) is 0 Å². The number of hydrogen-bond donors (Lipinski definition) is 3. The van der Waals surface area contributed by atoms with Gasteiger partial charge < -0.3 is 25.0 Å². The van der Waals surface area contributed by atoms with Gasteiger partial charge in [-0.25, -0.2) is 8.78 Å². The number of aliphatic hydroxyl groups is 1. The van der Waals surface area contributed by atoms with E-state index in [9.17, 15) is 23.5 Å². The van der Waals surface area contributed by atoms with Crippen molar-refractivity contribution in [1.29, 1.82) is 0 Å². The number of nitrogens with zero attached hydrogens (tertiary/aromatic N) is 1. The predicted molar refractivity (Wildman–Crippen MR) is 119 cm³/mol. The molecule has 1 saturated carbocycles. The summed E-state index contributed by atoms with van der Waals surface area (Å²) in [6, 6.07) is 6.98. The first kappa shape index (κ1) is 23.9. The van der Waals surface area contributed by atoms with Crippen LogP contribution in [0.1, 0.15) is 32.3 Å². The van der Waals surface area contributed by atoms with Crippen molar-refractivity contribution in [3.8, 4) is 11.1 Å². The topological polar surface area (TPSA) is 92.6 Å². The summed E-state index contributed by atoms with van der Waals surface area (Å²) in [6.45, 7) is 5.34. The van der Waals surface area contributed by atoms with E-state index in [1.165, 1.54) is 11.5 Å². The van der Waals surface area contributed by atoms with Crippen LogP contribution in [0.25, 0.3) is 11.1 Å². The Morgan fingerprint density at radius 1 is 1.28 bits per heavy atom. The largest absolute Gasteiger partial charge is 0.378 e. The number of aromatic nitrogens is 1. The zero-order valence-electron chi connectivity index (χ0n) is 18.7. The molecule has 174 valence electrons. The normalized spacial score (nSPS) is 17.3. The van der Waals surface area contributed by atoms with Crippen LogP contribution in [-0.4, -0.2) is 40.4 Å². The number of amides is 1. The van der Waals surface area contributed by atoms with E-state index in [4.69, 9.17) is 4.74 Å². The number of pyridine rings is 1. The molecule has 1 fully saturated rings. The van der Waals surface area contributed by atoms with Gasteiger partial charge in [0.05, 0.1) is 17.9 Å². The molecule has 0 saturated heterocycles. The van der Waals surface area contributed by atoms with Crippen molar-refractivity contribution < 1.29 is 23.4 Å². The molecule has 1 unspecified atom stereocenters. The molecule has 1 atom stereocenters. The number of anilines is 2. The highest BCUT2D eigenvalue weighted by Gasteiger charge is 2.48. The maximum atomic E-state index is 13.2. The number of carbonyl (C=O) groups is 1. The molecule has 3 N–H and O–H groups in total. The van der Waals surface area contributed by atoms with Crippen LogP contribution in [0.5, 0.6) is 0 Å². The lowest BCUT2D eigenvalue weighted by atomic mass is 9.80. The summed E-state index contributed by atoms with van der Waals surface area (Å²) in [5.74, 6) is -5.45. The average Bonchev–Trinajstić information content (AvgIpc) is 2.69. The van der Waals surface area contributed by atoms with E-state index < -0.39 is 36.4 Å². The number of carbonyl (C=O) groups excluding carboxylic acids is 1. The third-order valence-corrected chi connectivity index (χ3v) is 5.50. The minimum absolute atomic E-state index is 0.0287. The Balaban J connectivity index is 1.90. The van der Waals surface area contributed by atoms with Gasteiger partial charge in [0.25, 0.3) is 5.56 Å². The molecule has 1 heterocycles. The molecule has 0 bridgehead atoms. The number of aryl methyl sites for hydroxylation is 2. The van der Waals surface area contributed by atoms with Crippen LogP contribution in [0.3, 0.4) is 0 Å². The second kappa shape index (κ2) is 8.99. The third-order valence-electron chi connectivity index (χ3n) is 5.50. The fourth-order valence-electron chi connectivity index (χ4n) is 3.72. The number of hydrogen-bond acceptors (Lipinski definition) is 5. The number of rotatable bonds is 8. The van der Waals surface area contributed by atoms with Crippen molar-refractivity contribution in [2.75, 3.05) is 23.8 Å². The standard InChI is InChI=1S/C23H29F2N3O4/c1-5-32-22(3,31)13-26-19-9-15(16-8-14(2)21(30)28(4)12-16)6-7-18(19)27-20(29)17-10-23(24,25)11-17/h6-9,12,17,26,31H,5,10-11,13H2,1-4H3,(H,27,29). The number of halogens is 2. The molecule has 0 spiro atoms. The number of alkyl halides is 2. The Morgan fingerprint density at radius 2 is 1.97 bits per heavy atom. The molecule has 1 amide bonds. The second-order valence-electron chi connectivity index (χ2n) is 8.50. The van der Waals surface area contributed by atoms with Crippen LogP contribution in [0.15, 0.2) is 35.3 Å². The van der Waals surface area contributed by atoms with Crippen molar-refractivity contribution >= 4 is 17.3 Å². The van der Waals surface area contributed by atoms with Gasteiger partial charge in [-0.1, -0.05) is 6.07 Å². The zero-order chi connectivity index (χ0) is 23.7. The van der Waals surface area contributed by atoms with Gasteiger partial charge >= 0.3 is 0 Å². The van der Waals surface area contributed by atoms with Crippen molar-refractivity contribution in [2.45, 2.75) is 45.3 Å². The third kappa shape index (κ3) is 5.52. The van der Waals surface area contributed by atoms with E-state index in [1.54, 1.807) is 51.4 Å². The molecular weight excluding hydrogens is 420 g/mol. The molecule has 1 aromatic heterocycles. The molecular formula is C23H29F2N3O4. The van der Waals surface area contributed by atoms with E-state index in [-0.39, 0.29) is 12.1 Å². The maximum Gasteiger partial charge on any atom is 0.253 e. The smallest absolute Gasteiger partial charge is 0.253 e. The molecule has 1 aliphatic carbocycles. The molecule has 7 nitrogen and oxygen atoms in total. The lowest BCUT2D eigenvalue weighted by molar-refractivity contribution is -0.175. The van der Waals surface area contributed by atoms with Gasteiger partial charge in [0.1, 0.15) is 0 Å². The first-order chi connectivity index (χ1) is 14.9. The van der Waals surface area contributed by atoms with Gasteiger partial charge in [-0.15, -0.1) is 0 Å². The fraction of sp³-hybridized carbons (Fsp3) is 0.478. The van der Waals surface area contributed by atoms with E-state index >= 15 is 0 Å². The molecule has 3 rings (SSSR count). The summed E-state index contributed by atoms with van der Waals surface area (Å²) < 4.78 is 33.1. The highest BCUT2D eigenvalue weighted by Crippen LogP contribution is 2.43. The minimum atomic E-state index is -2.79. The zero-order valence-corrected chi connectivity index (χ0v) is 18.7. The van der Waals surface area contributed by atoms with Crippen LogP contribution >= 0.6 is 0 Å². The Morgan fingerprint density at radius 3 is 2.56 bits per heavy atom. The highest BCUT2D eigenvalue weighted by molar-refractivity contribution is 5.97. The Bertz CT molecular complexity index is 1030. The van der Waals surface area contributed by atoms with E-state index in [2.05, 4.69) is 10.6 Å². The lowest BCUT2D eigenvalue weighted by Gasteiger charge is -2.33. The van der Waals surface area contributed by atoms with Crippen molar-refractivity contribution in [3.05, 3.63) is 46.4 Å². The molecule has 0 aliphatic heterocycles. The summed E-state index contributed by atoms with van der Waals surface area (Å²) in [5, 5.41) is 16.1. The van der Waals surface area contributed by atoms with Gasteiger partial charge in [-0.05, 0) is 50.1 Å².